The van der Waals surface area contributed by atoms with Crippen molar-refractivity contribution < 1.29 is 4.74 Å². The quantitative estimate of drug-likeness (QED) is 0.876. The summed E-state index contributed by atoms with van der Waals surface area (Å²) < 4.78 is 6.04. The van der Waals surface area contributed by atoms with E-state index in [0.717, 1.165) is 25.4 Å². The molecule has 0 spiro atoms. The Hall–Kier alpha value is -1.55. The molecule has 0 amide bonds. The van der Waals surface area contributed by atoms with Crippen LogP contribution in [0.2, 0.25) is 0 Å². The van der Waals surface area contributed by atoms with E-state index in [2.05, 4.69) is 40.5 Å². The molecule has 124 valence electrons. The van der Waals surface area contributed by atoms with E-state index in [1.807, 2.05) is 31.3 Å². The molecule has 0 radical (unpaired) electrons. The lowest BCUT2D eigenvalue weighted by molar-refractivity contribution is 0.283. The summed E-state index contributed by atoms with van der Waals surface area (Å²) in [4.78, 5) is 2.49. The molecule has 1 unspecified atom stereocenters. The van der Waals surface area contributed by atoms with Crippen LogP contribution in [0, 0.1) is 0 Å². The van der Waals surface area contributed by atoms with E-state index in [1.165, 1.54) is 17.5 Å². The van der Waals surface area contributed by atoms with Gasteiger partial charge < -0.3 is 10.1 Å². The SMILES string of the molecule is CNC1CCN(Cc2ccccc2OCc2ccccc2)C1.Cl. The minimum absolute atomic E-state index is 0. The number of nitrogens with zero attached hydrogens (tertiary/aromatic N) is 1. The molecule has 0 aromatic heterocycles. The Morgan fingerprint density at radius 2 is 1.83 bits per heavy atom. The van der Waals surface area contributed by atoms with Crippen LogP contribution in [0.5, 0.6) is 5.75 Å². The van der Waals surface area contributed by atoms with Crippen LogP contribution in [-0.4, -0.2) is 31.1 Å². The smallest absolute Gasteiger partial charge is 0.124 e. The maximum absolute atomic E-state index is 6.04. The van der Waals surface area contributed by atoms with Crippen molar-refractivity contribution in [3.63, 3.8) is 0 Å². The number of halogens is 1. The lowest BCUT2D eigenvalue weighted by atomic mass is 10.2. The van der Waals surface area contributed by atoms with Crippen LogP contribution < -0.4 is 10.1 Å². The molecule has 4 heteroatoms. The van der Waals surface area contributed by atoms with Crippen molar-refractivity contribution in [2.45, 2.75) is 25.6 Å². The van der Waals surface area contributed by atoms with Crippen LogP contribution in [0.3, 0.4) is 0 Å². The molecule has 1 atom stereocenters. The highest BCUT2D eigenvalue weighted by atomic mass is 35.5. The molecular weight excluding hydrogens is 308 g/mol. The largest absolute Gasteiger partial charge is 0.489 e. The second-order valence-corrected chi connectivity index (χ2v) is 5.89. The minimum atomic E-state index is 0. The third kappa shape index (κ3) is 4.96. The molecule has 3 nitrogen and oxygen atoms in total. The van der Waals surface area contributed by atoms with Crippen LogP contribution in [-0.2, 0) is 13.2 Å². The molecule has 1 aliphatic heterocycles. The van der Waals surface area contributed by atoms with Gasteiger partial charge in [-0.05, 0) is 25.1 Å². The summed E-state index contributed by atoms with van der Waals surface area (Å²) in [6, 6.07) is 19.3. The normalized spacial score (nSPS) is 17.7. The molecule has 2 aromatic rings. The number of benzene rings is 2. The van der Waals surface area contributed by atoms with E-state index in [-0.39, 0.29) is 12.4 Å². The van der Waals surface area contributed by atoms with Gasteiger partial charge in [0.05, 0.1) is 0 Å². The Morgan fingerprint density at radius 1 is 1.09 bits per heavy atom. The Morgan fingerprint density at radius 3 is 2.57 bits per heavy atom. The van der Waals surface area contributed by atoms with Crippen molar-refractivity contribution in [2.24, 2.45) is 0 Å². The number of hydrogen-bond donors (Lipinski definition) is 1. The Labute approximate surface area is 145 Å². The zero-order chi connectivity index (χ0) is 15.2. The van der Waals surface area contributed by atoms with Crippen molar-refractivity contribution in [1.29, 1.82) is 0 Å². The summed E-state index contributed by atoms with van der Waals surface area (Å²) in [5.74, 6) is 0.999. The standard InChI is InChI=1S/C19H24N2O.ClH/c1-20-18-11-12-21(14-18)13-17-9-5-6-10-19(17)22-15-16-7-3-2-4-8-16;/h2-10,18,20H,11-15H2,1H3;1H. The third-order valence-electron chi connectivity index (χ3n) is 4.28. The van der Waals surface area contributed by atoms with Crippen LogP contribution >= 0.6 is 12.4 Å². The van der Waals surface area contributed by atoms with E-state index < -0.39 is 0 Å². The topological polar surface area (TPSA) is 24.5 Å². The fourth-order valence-corrected chi connectivity index (χ4v) is 2.96. The first-order chi connectivity index (χ1) is 10.8. The maximum atomic E-state index is 6.04. The van der Waals surface area contributed by atoms with Gasteiger partial charge in [-0.25, -0.2) is 0 Å². The minimum Gasteiger partial charge on any atom is -0.489 e. The van der Waals surface area contributed by atoms with Crippen molar-refractivity contribution in [2.75, 3.05) is 20.1 Å². The molecule has 1 fully saturated rings. The van der Waals surface area contributed by atoms with Crippen LogP contribution in [0.1, 0.15) is 17.5 Å². The number of nitrogens with one attached hydrogen (secondary N) is 1. The van der Waals surface area contributed by atoms with Crippen LogP contribution in [0.25, 0.3) is 0 Å². The van der Waals surface area contributed by atoms with E-state index >= 15 is 0 Å². The second kappa shape index (κ2) is 8.92. The molecule has 1 aliphatic rings. The number of likely N-dealkylation sites (N-methyl/N-ethyl adjacent to an activating group) is 1. The van der Waals surface area contributed by atoms with Crippen LogP contribution in [0.4, 0.5) is 0 Å². The zero-order valence-electron chi connectivity index (χ0n) is 13.6. The van der Waals surface area contributed by atoms with E-state index in [0.29, 0.717) is 12.6 Å². The molecule has 23 heavy (non-hydrogen) atoms. The molecule has 1 saturated heterocycles. The predicted octanol–water partition coefficient (Wildman–Crippen LogP) is 3.48. The molecule has 0 aliphatic carbocycles. The molecule has 1 heterocycles. The second-order valence-electron chi connectivity index (χ2n) is 5.89. The van der Waals surface area contributed by atoms with Crippen molar-refractivity contribution >= 4 is 12.4 Å². The molecule has 0 saturated carbocycles. The summed E-state index contributed by atoms with van der Waals surface area (Å²) in [6.07, 6.45) is 1.23. The highest BCUT2D eigenvalue weighted by Gasteiger charge is 2.21. The van der Waals surface area contributed by atoms with Crippen molar-refractivity contribution in [1.82, 2.24) is 10.2 Å². The van der Waals surface area contributed by atoms with Gasteiger partial charge in [-0.2, -0.15) is 0 Å². The average Bonchev–Trinajstić information content (AvgIpc) is 3.03. The highest BCUT2D eigenvalue weighted by Crippen LogP contribution is 2.23. The lowest BCUT2D eigenvalue weighted by Gasteiger charge is -2.18. The van der Waals surface area contributed by atoms with Gasteiger partial charge in [-0.1, -0.05) is 48.5 Å². The average molecular weight is 333 g/mol. The first kappa shape index (κ1) is 17.8. The summed E-state index contributed by atoms with van der Waals surface area (Å²) in [6.45, 7) is 3.85. The zero-order valence-corrected chi connectivity index (χ0v) is 14.4. The van der Waals surface area contributed by atoms with Gasteiger partial charge >= 0.3 is 0 Å². The summed E-state index contributed by atoms with van der Waals surface area (Å²) in [5.41, 5.74) is 2.48. The Balaban J connectivity index is 0.00000192. The molecule has 0 bridgehead atoms. The summed E-state index contributed by atoms with van der Waals surface area (Å²) >= 11 is 0. The summed E-state index contributed by atoms with van der Waals surface area (Å²) in [7, 11) is 2.05. The van der Waals surface area contributed by atoms with Gasteiger partial charge in [0.15, 0.2) is 0 Å². The van der Waals surface area contributed by atoms with E-state index in [4.69, 9.17) is 4.74 Å². The first-order valence-corrected chi connectivity index (χ1v) is 7.99. The van der Waals surface area contributed by atoms with Crippen molar-refractivity contribution in [3.05, 3.63) is 65.7 Å². The number of likely N-dealkylation sites (tertiary alicyclic amines) is 1. The molecular formula is C19H25ClN2O. The first-order valence-electron chi connectivity index (χ1n) is 7.99. The number of rotatable bonds is 6. The van der Waals surface area contributed by atoms with Gasteiger partial charge in [-0.15, -0.1) is 12.4 Å². The summed E-state index contributed by atoms with van der Waals surface area (Å²) in [5, 5.41) is 3.37. The van der Waals surface area contributed by atoms with Gasteiger partial charge in [0, 0.05) is 31.2 Å². The highest BCUT2D eigenvalue weighted by molar-refractivity contribution is 5.85. The van der Waals surface area contributed by atoms with Gasteiger partial charge in [0.2, 0.25) is 0 Å². The molecule has 1 N–H and O–H groups in total. The van der Waals surface area contributed by atoms with Crippen molar-refractivity contribution in [3.8, 4) is 5.75 Å². The number of ether oxygens (including phenoxy) is 1. The fraction of sp³-hybridized carbons (Fsp3) is 0.368. The van der Waals surface area contributed by atoms with E-state index in [1.54, 1.807) is 0 Å². The Bertz CT molecular complexity index is 591. The maximum Gasteiger partial charge on any atom is 0.124 e. The lowest BCUT2D eigenvalue weighted by Crippen LogP contribution is -2.29. The third-order valence-corrected chi connectivity index (χ3v) is 4.28. The molecule has 3 rings (SSSR count). The number of para-hydroxylation sites is 1. The van der Waals surface area contributed by atoms with Crippen LogP contribution in [0.15, 0.2) is 54.6 Å². The predicted molar refractivity (Wildman–Crippen MR) is 97.2 cm³/mol. The van der Waals surface area contributed by atoms with E-state index in [9.17, 15) is 0 Å². The monoisotopic (exact) mass is 332 g/mol. The van der Waals surface area contributed by atoms with Gasteiger partial charge in [-0.3, -0.25) is 4.90 Å². The molecule has 2 aromatic carbocycles. The fourth-order valence-electron chi connectivity index (χ4n) is 2.96. The number of hydrogen-bond acceptors (Lipinski definition) is 3. The Kier molecular flexibility index (Phi) is 6.90. The van der Waals surface area contributed by atoms with Gasteiger partial charge in [0.1, 0.15) is 12.4 Å². The van der Waals surface area contributed by atoms with Gasteiger partial charge in [0.25, 0.3) is 0 Å².